The number of nitrogen functional groups attached to an aromatic ring is 1. The average molecular weight is 522 g/mol. The second kappa shape index (κ2) is 9.79. The van der Waals surface area contributed by atoms with Crippen molar-refractivity contribution in [3.05, 3.63) is 56.6 Å². The quantitative estimate of drug-likeness (QED) is 0.153. The summed E-state index contributed by atoms with van der Waals surface area (Å²) in [7, 11) is 0. The molecule has 1 unspecified atom stereocenters. The van der Waals surface area contributed by atoms with Crippen LogP contribution in [0.2, 0.25) is 0 Å². The summed E-state index contributed by atoms with van der Waals surface area (Å²) in [5, 5.41) is 15.8. The van der Waals surface area contributed by atoms with E-state index in [0.717, 1.165) is 11.3 Å². The van der Waals surface area contributed by atoms with Crippen molar-refractivity contribution in [1.29, 1.82) is 0 Å². The molecule has 4 heterocycles. The maximum atomic E-state index is 13.0. The molecule has 35 heavy (non-hydrogen) atoms. The Balaban J connectivity index is 1.51. The van der Waals surface area contributed by atoms with Crippen LogP contribution in [0.25, 0.3) is 0 Å². The van der Waals surface area contributed by atoms with Crippen LogP contribution < -0.4 is 16.9 Å². The number of hydrogen-bond donors (Lipinski definition) is 3. The van der Waals surface area contributed by atoms with Gasteiger partial charge in [-0.15, -0.1) is 23.1 Å². The van der Waals surface area contributed by atoms with Crippen molar-refractivity contribution < 1.29 is 33.2 Å². The zero-order valence-electron chi connectivity index (χ0n) is 18.3. The van der Waals surface area contributed by atoms with Gasteiger partial charge < -0.3 is 29.8 Å². The van der Waals surface area contributed by atoms with Crippen molar-refractivity contribution in [2.24, 2.45) is 5.16 Å². The molecule has 2 aromatic rings. The molecule has 2 aliphatic heterocycles. The number of hydrogen-bond acceptors (Lipinski definition) is 13. The molecular formula is C20H19N5O8S2. The van der Waals surface area contributed by atoms with E-state index in [2.05, 4.69) is 15.5 Å². The molecule has 0 aromatic carbocycles. The minimum absolute atomic E-state index is 0.0224. The Hall–Kier alpha value is -3.85. The highest BCUT2D eigenvalue weighted by atomic mass is 32.2. The Labute approximate surface area is 205 Å². The number of aromatic nitrogens is 1. The summed E-state index contributed by atoms with van der Waals surface area (Å²) < 4.78 is 14.9. The van der Waals surface area contributed by atoms with Crippen molar-refractivity contribution in [3.63, 3.8) is 0 Å². The number of thiazole rings is 1. The predicted octanol–water partition coefficient (Wildman–Crippen LogP) is 0.732. The fourth-order valence-electron chi connectivity index (χ4n) is 3.49. The zero-order chi connectivity index (χ0) is 25.3. The molecule has 4 N–H and O–H groups in total. The number of nitrogens with zero attached hydrogens (tertiary/aromatic N) is 3. The van der Waals surface area contributed by atoms with Crippen LogP contribution >= 0.6 is 23.1 Å². The van der Waals surface area contributed by atoms with Crippen molar-refractivity contribution in [1.82, 2.24) is 15.2 Å². The molecule has 0 radical (unpaired) electrons. The summed E-state index contributed by atoms with van der Waals surface area (Å²) in [6, 6.07) is -0.982. The van der Waals surface area contributed by atoms with Crippen LogP contribution in [0.3, 0.4) is 0 Å². The van der Waals surface area contributed by atoms with Crippen molar-refractivity contribution in [2.75, 3.05) is 11.5 Å². The van der Waals surface area contributed by atoms with Crippen LogP contribution in [-0.2, 0) is 25.7 Å². The van der Waals surface area contributed by atoms with Gasteiger partial charge in [0.25, 0.3) is 11.8 Å². The third-order valence-electron chi connectivity index (χ3n) is 5.10. The van der Waals surface area contributed by atoms with Crippen LogP contribution in [0.5, 0.6) is 0 Å². The molecule has 4 rings (SSSR count). The summed E-state index contributed by atoms with van der Waals surface area (Å²) in [6.07, 6.45) is 3.40. The number of carbonyl (C=O) groups is 3. The first-order valence-corrected chi connectivity index (χ1v) is 12.0. The molecule has 2 aromatic heterocycles. The van der Waals surface area contributed by atoms with E-state index in [9.17, 15) is 24.4 Å². The lowest BCUT2D eigenvalue weighted by Crippen LogP contribution is -2.71. The van der Waals surface area contributed by atoms with E-state index in [1.165, 1.54) is 29.0 Å². The number of allylic oxidation sites excluding steroid dienone is 2. The molecule has 0 bridgehead atoms. The number of esters is 1. The van der Waals surface area contributed by atoms with Crippen LogP contribution in [0.15, 0.2) is 47.6 Å². The number of nitrogens with one attached hydrogen (secondary N) is 1. The molecule has 2 atom stereocenters. The predicted molar refractivity (Wildman–Crippen MR) is 123 cm³/mol. The highest BCUT2D eigenvalue weighted by Gasteiger charge is 2.54. The number of thioether (sulfide) groups is 1. The minimum Gasteiger partial charge on any atom is -0.453 e. The maximum Gasteiger partial charge on any atom is 0.519 e. The monoisotopic (exact) mass is 521 g/mol. The van der Waals surface area contributed by atoms with Gasteiger partial charge >= 0.3 is 11.8 Å². The number of ether oxygens (including phenoxy) is 1. The van der Waals surface area contributed by atoms with Gasteiger partial charge in [0.2, 0.25) is 0 Å². The zero-order valence-corrected chi connectivity index (χ0v) is 20.0. The number of rotatable bonds is 7. The van der Waals surface area contributed by atoms with Gasteiger partial charge in [-0.05, 0) is 19.4 Å². The summed E-state index contributed by atoms with van der Waals surface area (Å²) in [5.41, 5.74) is 5.81. The first-order chi connectivity index (χ1) is 16.7. The van der Waals surface area contributed by atoms with Gasteiger partial charge in [-0.25, -0.2) is 14.6 Å². The molecule has 0 spiro atoms. The number of nitrogens with two attached hydrogens (primary N) is 1. The Morgan fingerprint density at radius 1 is 1.43 bits per heavy atom. The lowest BCUT2D eigenvalue weighted by atomic mass is 10.0. The van der Waals surface area contributed by atoms with Crippen LogP contribution in [0.1, 0.15) is 24.1 Å². The SMILES string of the molecule is C/C=C\C1=C(C(=O)OCc2oc(=O)oc2C)N2C(=O)C(NC(=O)/C(=N\O)c3csc(N)n3)[C@H]2SC1. The molecule has 13 nitrogen and oxygen atoms in total. The Morgan fingerprint density at radius 2 is 2.20 bits per heavy atom. The first kappa shape index (κ1) is 24.3. The largest absolute Gasteiger partial charge is 0.519 e. The normalized spacial score (nSPS) is 20.1. The van der Waals surface area contributed by atoms with E-state index in [1.54, 1.807) is 19.1 Å². The van der Waals surface area contributed by atoms with Gasteiger partial charge in [-0.2, -0.15) is 0 Å². The molecule has 15 heteroatoms. The standard InChI is InChI=1S/C20H19N5O8S2/c1-3-4-9-6-34-17-13(23-15(26)12(24-30)10-7-35-19(21)22-10)16(27)25(17)14(9)18(28)31-5-11-8(2)32-20(29)33-11/h3-4,7,13,17,30H,5-6H2,1-2H3,(H2,21,22)(H,23,26)/b4-3-,24-12-/t13?,17-/m1/s1. The molecule has 2 amide bonds. The van der Waals surface area contributed by atoms with Crippen LogP contribution in [0, 0.1) is 6.92 Å². The molecule has 1 saturated heterocycles. The first-order valence-electron chi connectivity index (χ1n) is 10.1. The molecule has 0 aliphatic carbocycles. The summed E-state index contributed by atoms with van der Waals surface area (Å²) in [5.74, 6) is -2.51. The number of aryl methyl sites for hydroxylation is 1. The van der Waals surface area contributed by atoms with E-state index < -0.39 is 40.7 Å². The molecule has 184 valence electrons. The third kappa shape index (κ3) is 4.59. The number of anilines is 1. The van der Waals surface area contributed by atoms with Crippen LogP contribution in [-0.4, -0.2) is 55.8 Å². The molecule has 0 saturated carbocycles. The molecule has 2 aliphatic rings. The van der Waals surface area contributed by atoms with Crippen molar-refractivity contribution >= 4 is 51.7 Å². The smallest absolute Gasteiger partial charge is 0.453 e. The lowest BCUT2D eigenvalue weighted by Gasteiger charge is -2.49. The van der Waals surface area contributed by atoms with Crippen molar-refractivity contribution in [2.45, 2.75) is 31.9 Å². The highest BCUT2D eigenvalue weighted by Crippen LogP contribution is 2.41. The Morgan fingerprint density at radius 3 is 2.80 bits per heavy atom. The average Bonchev–Trinajstić information content (AvgIpc) is 3.39. The molecule has 1 fully saturated rings. The summed E-state index contributed by atoms with van der Waals surface area (Å²) in [6.45, 7) is 2.89. The second-order valence-corrected chi connectivity index (χ2v) is 9.26. The van der Waals surface area contributed by atoms with Crippen molar-refractivity contribution in [3.8, 4) is 0 Å². The van der Waals surface area contributed by atoms with Gasteiger partial charge in [-0.1, -0.05) is 17.3 Å². The van der Waals surface area contributed by atoms with Crippen LogP contribution in [0.4, 0.5) is 5.13 Å². The van der Waals surface area contributed by atoms with E-state index in [1.807, 2.05) is 0 Å². The van der Waals surface area contributed by atoms with Gasteiger partial charge in [0.1, 0.15) is 22.8 Å². The topological polar surface area (TPSA) is 191 Å². The van der Waals surface area contributed by atoms with E-state index in [-0.39, 0.29) is 34.6 Å². The lowest BCUT2D eigenvalue weighted by molar-refractivity contribution is -0.153. The summed E-state index contributed by atoms with van der Waals surface area (Å²) >= 11 is 2.40. The third-order valence-corrected chi connectivity index (χ3v) is 7.07. The number of oxime groups is 1. The Bertz CT molecular complexity index is 1340. The maximum absolute atomic E-state index is 13.0. The van der Waals surface area contributed by atoms with E-state index in [0.29, 0.717) is 11.3 Å². The number of amides is 2. The number of fused-ring (bicyclic) bond motifs is 1. The van der Waals surface area contributed by atoms with E-state index in [4.69, 9.17) is 19.3 Å². The molecular weight excluding hydrogens is 502 g/mol. The van der Waals surface area contributed by atoms with Gasteiger partial charge in [-0.3, -0.25) is 14.5 Å². The Kier molecular flexibility index (Phi) is 6.79. The van der Waals surface area contributed by atoms with Gasteiger partial charge in [0.05, 0.1) is 0 Å². The minimum atomic E-state index is -0.982. The highest BCUT2D eigenvalue weighted by molar-refractivity contribution is 8.00. The summed E-state index contributed by atoms with van der Waals surface area (Å²) in [4.78, 5) is 55.0. The fraction of sp³-hybridized carbons (Fsp3) is 0.300. The van der Waals surface area contributed by atoms with Gasteiger partial charge in [0, 0.05) is 11.1 Å². The van der Waals surface area contributed by atoms with E-state index >= 15 is 0 Å². The fourth-order valence-corrected chi connectivity index (χ4v) is 5.35. The number of β-lactam (4-membered cyclic amide) rings is 1. The second-order valence-electron chi connectivity index (χ2n) is 7.26. The number of carbonyl (C=O) groups excluding carboxylic acids is 3. The van der Waals surface area contributed by atoms with Gasteiger partial charge in [0.15, 0.2) is 29.0 Å².